The molecule has 2 atom stereocenters. The van der Waals surface area contributed by atoms with Crippen molar-refractivity contribution in [2.45, 2.75) is 18.6 Å². The molecule has 2 unspecified atom stereocenters. The molecule has 0 bridgehead atoms. The van der Waals surface area contributed by atoms with E-state index in [4.69, 9.17) is 10.5 Å². The number of carbonyl (C=O) groups excluding carboxylic acids is 2. The third-order valence-electron chi connectivity index (χ3n) is 4.69. The molecule has 3 rings (SSSR count). The molecular weight excluding hydrogens is 360 g/mol. The lowest BCUT2D eigenvalue weighted by molar-refractivity contribution is 0.145. The zero-order valence-electron chi connectivity index (χ0n) is 15.2. The Balaban J connectivity index is 1.74. The highest BCUT2D eigenvalue weighted by molar-refractivity contribution is 5.90. The number of anilines is 2. The van der Waals surface area contributed by atoms with Gasteiger partial charge in [0.25, 0.3) is 0 Å². The van der Waals surface area contributed by atoms with E-state index in [-0.39, 0.29) is 36.5 Å². The quantitative estimate of drug-likeness (QED) is 0.813. The maximum Gasteiger partial charge on any atom is 0.414 e. The zero-order valence-corrected chi connectivity index (χ0v) is 15.2. The van der Waals surface area contributed by atoms with Gasteiger partial charge >= 0.3 is 12.1 Å². The van der Waals surface area contributed by atoms with Crippen LogP contribution in [-0.4, -0.2) is 69.4 Å². The van der Waals surface area contributed by atoms with Gasteiger partial charge in [0.05, 0.1) is 12.2 Å². The third-order valence-corrected chi connectivity index (χ3v) is 4.69. The first-order chi connectivity index (χ1) is 12.8. The minimum atomic E-state index is -0.770. The first-order valence-electron chi connectivity index (χ1n) is 8.70. The summed E-state index contributed by atoms with van der Waals surface area (Å²) < 4.78 is 34.3. The summed E-state index contributed by atoms with van der Waals surface area (Å²) in [6, 6.07) is 1.78. The molecular formula is C17H23F2N5O3. The van der Waals surface area contributed by atoms with Crippen molar-refractivity contribution < 1.29 is 23.1 Å². The van der Waals surface area contributed by atoms with Crippen molar-refractivity contribution in [2.24, 2.45) is 5.73 Å². The number of hydrogen-bond acceptors (Lipinski definition) is 5. The first-order valence-corrected chi connectivity index (χ1v) is 8.70. The van der Waals surface area contributed by atoms with Crippen molar-refractivity contribution in [3.8, 4) is 0 Å². The minimum Gasteiger partial charge on any atom is -0.443 e. The maximum absolute atomic E-state index is 14.7. The number of amides is 3. The predicted molar refractivity (Wildman–Crippen MR) is 95.9 cm³/mol. The van der Waals surface area contributed by atoms with Crippen LogP contribution in [0.15, 0.2) is 12.1 Å². The molecule has 0 aromatic heterocycles. The molecule has 8 nitrogen and oxygen atoms in total. The van der Waals surface area contributed by atoms with E-state index in [9.17, 15) is 18.4 Å². The molecule has 1 aromatic rings. The summed E-state index contributed by atoms with van der Waals surface area (Å²) in [4.78, 5) is 27.7. The van der Waals surface area contributed by atoms with Crippen LogP contribution in [0.3, 0.4) is 0 Å². The van der Waals surface area contributed by atoms with Gasteiger partial charge in [-0.2, -0.15) is 0 Å². The molecule has 2 aliphatic rings. The van der Waals surface area contributed by atoms with Gasteiger partial charge in [-0.1, -0.05) is 0 Å². The minimum absolute atomic E-state index is 0.0892. The van der Waals surface area contributed by atoms with Crippen LogP contribution < -0.4 is 20.9 Å². The first kappa shape index (κ1) is 19.2. The number of rotatable bonds is 4. The van der Waals surface area contributed by atoms with Crippen LogP contribution in [-0.2, 0) is 4.74 Å². The number of ether oxygens (including phenoxy) is 1. The predicted octanol–water partition coefficient (Wildman–Crippen LogP) is 1.10. The second-order valence-electron chi connectivity index (χ2n) is 6.89. The number of cyclic esters (lactones) is 1. The lowest BCUT2D eigenvalue weighted by Crippen LogP contribution is -2.42. The van der Waals surface area contributed by atoms with Crippen LogP contribution in [0.1, 0.15) is 6.42 Å². The Morgan fingerprint density at radius 2 is 2.00 bits per heavy atom. The summed E-state index contributed by atoms with van der Waals surface area (Å²) in [7, 11) is 3.25. The highest BCUT2D eigenvalue weighted by Crippen LogP contribution is 2.32. The fraction of sp³-hybridized carbons (Fsp3) is 0.529. The number of benzene rings is 1. The van der Waals surface area contributed by atoms with Crippen molar-refractivity contribution in [3.63, 3.8) is 0 Å². The molecule has 0 spiro atoms. The molecule has 3 N–H and O–H groups in total. The van der Waals surface area contributed by atoms with Crippen molar-refractivity contribution in [1.82, 2.24) is 10.2 Å². The van der Waals surface area contributed by atoms with E-state index >= 15 is 0 Å². The van der Waals surface area contributed by atoms with Crippen LogP contribution >= 0.6 is 0 Å². The van der Waals surface area contributed by atoms with Gasteiger partial charge in [-0.25, -0.2) is 18.4 Å². The number of nitrogens with one attached hydrogen (secondary N) is 1. The molecule has 0 saturated carbocycles. The molecule has 0 radical (unpaired) electrons. The van der Waals surface area contributed by atoms with E-state index in [0.717, 1.165) is 17.0 Å². The fourth-order valence-corrected chi connectivity index (χ4v) is 3.25. The van der Waals surface area contributed by atoms with Gasteiger partial charge in [-0.3, -0.25) is 4.90 Å². The largest absolute Gasteiger partial charge is 0.443 e. The van der Waals surface area contributed by atoms with Gasteiger partial charge in [-0.05, 0) is 6.42 Å². The van der Waals surface area contributed by atoms with Crippen molar-refractivity contribution in [2.75, 3.05) is 50.1 Å². The van der Waals surface area contributed by atoms with E-state index in [1.54, 1.807) is 19.0 Å². The summed E-state index contributed by atoms with van der Waals surface area (Å²) >= 11 is 0. The number of hydrogen-bond donors (Lipinski definition) is 2. The molecule has 2 aliphatic heterocycles. The third kappa shape index (κ3) is 3.90. The summed E-state index contributed by atoms with van der Waals surface area (Å²) in [5, 5.41) is 2.81. The lowest BCUT2D eigenvalue weighted by atomic mass is 10.2. The Morgan fingerprint density at radius 3 is 2.56 bits per heavy atom. The van der Waals surface area contributed by atoms with Crippen LogP contribution in [0.2, 0.25) is 0 Å². The molecule has 148 valence electrons. The van der Waals surface area contributed by atoms with Crippen molar-refractivity contribution in [1.29, 1.82) is 0 Å². The van der Waals surface area contributed by atoms with Crippen molar-refractivity contribution in [3.05, 3.63) is 23.8 Å². The Bertz CT molecular complexity index is 722. The molecule has 2 fully saturated rings. The summed E-state index contributed by atoms with van der Waals surface area (Å²) in [6.07, 6.45) is -0.593. The van der Waals surface area contributed by atoms with Crippen LogP contribution in [0.5, 0.6) is 0 Å². The standard InChI is InChI=1S/C17H23F2N5O3/c1-22(2)16(25)21-10-3-4-23(8-10)15-13(18)5-11(6-14(15)19)24-9-12(7-20)27-17(24)26/h5-6,10,12H,3-4,7-9,20H2,1-2H3,(H,21,25). The number of nitrogens with two attached hydrogens (primary N) is 1. The van der Waals surface area contributed by atoms with Gasteiger partial charge in [0, 0.05) is 51.9 Å². The topological polar surface area (TPSA) is 91.1 Å². The summed E-state index contributed by atoms with van der Waals surface area (Å²) in [6.45, 7) is 0.995. The Morgan fingerprint density at radius 1 is 1.33 bits per heavy atom. The molecule has 10 heteroatoms. The smallest absolute Gasteiger partial charge is 0.414 e. The number of halogens is 2. The Hall–Kier alpha value is -2.62. The second kappa shape index (κ2) is 7.55. The molecule has 3 amide bonds. The normalized spacial score (nSPS) is 22.2. The zero-order chi connectivity index (χ0) is 19.7. The van der Waals surface area contributed by atoms with Gasteiger partial charge in [0.15, 0.2) is 11.6 Å². The average Bonchev–Trinajstić information content (AvgIpc) is 3.20. The Labute approximate surface area is 155 Å². The van der Waals surface area contributed by atoms with E-state index in [1.807, 2.05) is 0 Å². The number of nitrogens with zero attached hydrogens (tertiary/aromatic N) is 3. The van der Waals surface area contributed by atoms with E-state index in [1.165, 1.54) is 4.90 Å². The molecule has 2 heterocycles. The van der Waals surface area contributed by atoms with Crippen LogP contribution in [0.25, 0.3) is 0 Å². The molecule has 1 aromatic carbocycles. The molecule has 27 heavy (non-hydrogen) atoms. The van der Waals surface area contributed by atoms with E-state index < -0.39 is 23.8 Å². The summed E-state index contributed by atoms with van der Waals surface area (Å²) in [5.41, 5.74) is 5.40. The highest BCUT2D eigenvalue weighted by atomic mass is 19.1. The van der Waals surface area contributed by atoms with Gasteiger partial charge in [0.1, 0.15) is 11.8 Å². The highest BCUT2D eigenvalue weighted by Gasteiger charge is 2.34. The molecule has 2 saturated heterocycles. The van der Waals surface area contributed by atoms with Crippen LogP contribution in [0, 0.1) is 11.6 Å². The summed E-state index contributed by atoms with van der Waals surface area (Å²) in [5.74, 6) is -1.54. The van der Waals surface area contributed by atoms with Crippen molar-refractivity contribution >= 4 is 23.5 Å². The second-order valence-corrected chi connectivity index (χ2v) is 6.89. The van der Waals surface area contributed by atoms with Crippen LogP contribution in [0.4, 0.5) is 29.7 Å². The van der Waals surface area contributed by atoms with Gasteiger partial charge in [-0.15, -0.1) is 0 Å². The van der Waals surface area contributed by atoms with Gasteiger partial charge < -0.3 is 25.6 Å². The SMILES string of the molecule is CN(C)C(=O)NC1CCN(c2c(F)cc(N3CC(CN)OC3=O)cc2F)C1. The lowest BCUT2D eigenvalue weighted by Gasteiger charge is -2.22. The number of carbonyl (C=O) groups is 2. The average molecular weight is 383 g/mol. The number of urea groups is 1. The monoisotopic (exact) mass is 383 g/mol. The molecule has 0 aliphatic carbocycles. The van der Waals surface area contributed by atoms with E-state index in [2.05, 4.69) is 5.32 Å². The Kier molecular flexibility index (Phi) is 5.36. The fourth-order valence-electron chi connectivity index (χ4n) is 3.25. The van der Waals surface area contributed by atoms with Gasteiger partial charge in [0.2, 0.25) is 0 Å². The van der Waals surface area contributed by atoms with E-state index in [0.29, 0.717) is 19.5 Å². The maximum atomic E-state index is 14.7.